The van der Waals surface area contributed by atoms with E-state index >= 15 is 0 Å². The predicted molar refractivity (Wildman–Crippen MR) is 134 cm³/mol. The largest absolute Gasteiger partial charge is 0.497 e. The average Bonchev–Trinajstić information content (AvgIpc) is 3.62. The number of methoxy groups -OCH3 is 1. The third-order valence-corrected chi connectivity index (χ3v) is 6.25. The Morgan fingerprint density at radius 3 is 2.31 bits per heavy atom. The minimum Gasteiger partial charge on any atom is -0.497 e. The van der Waals surface area contributed by atoms with Crippen molar-refractivity contribution in [3.8, 4) is 5.75 Å². The minimum atomic E-state index is -0.984. The third kappa shape index (κ3) is 5.59. The normalized spacial score (nSPS) is 14.2. The zero-order valence-corrected chi connectivity index (χ0v) is 20.4. The van der Waals surface area contributed by atoms with Gasteiger partial charge in [0.2, 0.25) is 5.91 Å². The van der Waals surface area contributed by atoms with Crippen LogP contribution in [0.4, 0.5) is 5.69 Å². The highest BCUT2D eigenvalue weighted by Crippen LogP contribution is 2.32. The predicted octanol–water partition coefficient (Wildman–Crippen LogP) is 4.91. The van der Waals surface area contributed by atoms with Gasteiger partial charge in [-0.2, -0.15) is 0 Å². The molecule has 8 nitrogen and oxygen atoms in total. The summed E-state index contributed by atoms with van der Waals surface area (Å²) < 4.78 is 15.8. The summed E-state index contributed by atoms with van der Waals surface area (Å²) in [6, 6.07) is 15.7. The van der Waals surface area contributed by atoms with Crippen LogP contribution >= 0.6 is 0 Å². The van der Waals surface area contributed by atoms with E-state index in [0.717, 1.165) is 25.7 Å². The molecule has 1 atom stereocenters. The summed E-state index contributed by atoms with van der Waals surface area (Å²) in [5, 5.41) is 3.13. The molecule has 2 amide bonds. The number of nitrogens with zero attached hydrogens (tertiary/aromatic N) is 1. The number of benzene rings is 2. The first kappa shape index (κ1) is 25.0. The Bertz CT molecular complexity index is 1170. The molecular weight excluding hydrogens is 460 g/mol. The van der Waals surface area contributed by atoms with Crippen LogP contribution in [0.15, 0.2) is 71.3 Å². The van der Waals surface area contributed by atoms with Crippen LogP contribution in [0, 0.1) is 0 Å². The maximum absolute atomic E-state index is 13.8. The highest BCUT2D eigenvalue weighted by atomic mass is 16.5. The first-order chi connectivity index (χ1) is 17.5. The molecule has 8 heteroatoms. The van der Waals surface area contributed by atoms with Gasteiger partial charge in [0, 0.05) is 11.7 Å². The van der Waals surface area contributed by atoms with Gasteiger partial charge in [0.25, 0.3) is 5.91 Å². The van der Waals surface area contributed by atoms with Crippen molar-refractivity contribution in [2.75, 3.05) is 18.6 Å². The summed E-state index contributed by atoms with van der Waals surface area (Å²) in [6.07, 6.45) is 5.34. The summed E-state index contributed by atoms with van der Waals surface area (Å²) in [5.41, 5.74) is 1.40. The summed E-state index contributed by atoms with van der Waals surface area (Å²) in [7, 11) is 1.57. The van der Waals surface area contributed by atoms with Crippen LogP contribution in [-0.2, 0) is 9.53 Å². The molecule has 0 saturated heterocycles. The topological polar surface area (TPSA) is 98.1 Å². The SMILES string of the molecule is CCOC(=O)c1ccc(N(C(=O)c2ccco2)[C@H](C(=O)NC2CCCC2)c2ccc(OC)cc2)cc1. The molecule has 36 heavy (non-hydrogen) atoms. The molecule has 0 spiro atoms. The first-order valence-electron chi connectivity index (χ1n) is 12.1. The molecule has 3 aromatic rings. The molecule has 1 heterocycles. The minimum absolute atomic E-state index is 0.0602. The van der Waals surface area contributed by atoms with Crippen molar-refractivity contribution in [2.24, 2.45) is 0 Å². The van der Waals surface area contributed by atoms with E-state index in [0.29, 0.717) is 22.6 Å². The lowest BCUT2D eigenvalue weighted by Crippen LogP contribution is -2.46. The van der Waals surface area contributed by atoms with Gasteiger partial charge >= 0.3 is 5.97 Å². The van der Waals surface area contributed by atoms with Gasteiger partial charge in [0.15, 0.2) is 5.76 Å². The molecular formula is C28H30N2O6. The van der Waals surface area contributed by atoms with Crippen LogP contribution < -0.4 is 15.0 Å². The molecule has 0 bridgehead atoms. The number of furan rings is 1. The van der Waals surface area contributed by atoms with Crippen molar-refractivity contribution in [2.45, 2.75) is 44.7 Å². The number of esters is 1. The Morgan fingerprint density at radius 2 is 1.72 bits per heavy atom. The van der Waals surface area contributed by atoms with E-state index in [4.69, 9.17) is 13.9 Å². The maximum atomic E-state index is 13.8. The highest BCUT2D eigenvalue weighted by Gasteiger charge is 2.36. The van der Waals surface area contributed by atoms with Gasteiger partial charge in [0.05, 0.1) is 25.5 Å². The zero-order valence-electron chi connectivity index (χ0n) is 20.4. The maximum Gasteiger partial charge on any atom is 0.338 e. The Labute approximate surface area is 210 Å². The number of rotatable bonds is 9. The van der Waals surface area contributed by atoms with Crippen LogP contribution in [0.3, 0.4) is 0 Å². The van der Waals surface area contributed by atoms with E-state index in [9.17, 15) is 14.4 Å². The summed E-state index contributed by atoms with van der Waals surface area (Å²) in [5.74, 6) is -0.501. The van der Waals surface area contributed by atoms with Crippen LogP contribution in [0.2, 0.25) is 0 Å². The van der Waals surface area contributed by atoms with Crippen LogP contribution in [0.25, 0.3) is 0 Å². The van der Waals surface area contributed by atoms with Crippen LogP contribution in [0.5, 0.6) is 5.75 Å². The molecule has 0 radical (unpaired) electrons. The molecule has 1 aliphatic carbocycles. The van der Waals surface area contributed by atoms with Crippen molar-refractivity contribution < 1.29 is 28.3 Å². The summed E-state index contributed by atoms with van der Waals surface area (Å²) >= 11 is 0. The Hall–Kier alpha value is -4.07. The van der Waals surface area contributed by atoms with E-state index in [-0.39, 0.29) is 24.3 Å². The van der Waals surface area contributed by atoms with Gasteiger partial charge in [-0.25, -0.2) is 4.79 Å². The molecule has 0 aliphatic heterocycles. The number of amides is 2. The molecule has 4 rings (SSSR count). The standard InChI is InChI=1S/C28H30N2O6/c1-3-35-28(33)20-10-14-22(15-11-20)30(27(32)24-9-6-18-36-24)25(19-12-16-23(34-2)17-13-19)26(31)29-21-7-4-5-8-21/h6,9-18,21,25H,3-5,7-8H2,1-2H3,(H,29,31)/t25-/m0/s1. The fraction of sp³-hybridized carbons (Fsp3) is 0.321. The number of ether oxygens (including phenoxy) is 2. The Balaban J connectivity index is 1.78. The molecule has 1 fully saturated rings. The molecule has 1 aromatic heterocycles. The van der Waals surface area contributed by atoms with Crippen molar-refractivity contribution in [1.82, 2.24) is 5.32 Å². The van der Waals surface area contributed by atoms with Gasteiger partial charge in [-0.15, -0.1) is 0 Å². The Kier molecular flexibility index (Phi) is 8.05. The van der Waals surface area contributed by atoms with Crippen molar-refractivity contribution in [3.63, 3.8) is 0 Å². The van der Waals surface area contributed by atoms with E-state index in [2.05, 4.69) is 5.32 Å². The highest BCUT2D eigenvalue weighted by molar-refractivity contribution is 6.09. The monoisotopic (exact) mass is 490 g/mol. The summed E-state index contributed by atoms with van der Waals surface area (Å²) in [6.45, 7) is 1.99. The smallest absolute Gasteiger partial charge is 0.338 e. The lowest BCUT2D eigenvalue weighted by molar-refractivity contribution is -0.123. The lowest BCUT2D eigenvalue weighted by Gasteiger charge is -2.32. The Morgan fingerprint density at radius 1 is 1.03 bits per heavy atom. The average molecular weight is 491 g/mol. The van der Waals surface area contributed by atoms with Gasteiger partial charge in [-0.3, -0.25) is 14.5 Å². The number of nitrogens with one attached hydrogen (secondary N) is 1. The number of hydrogen-bond donors (Lipinski definition) is 1. The van der Waals surface area contributed by atoms with E-state index in [1.165, 1.54) is 11.2 Å². The van der Waals surface area contributed by atoms with Gasteiger partial charge in [0.1, 0.15) is 11.8 Å². The quantitative estimate of drug-likeness (QED) is 0.428. The van der Waals surface area contributed by atoms with E-state index < -0.39 is 17.9 Å². The number of anilines is 1. The molecule has 0 unspecified atom stereocenters. The van der Waals surface area contributed by atoms with Crippen LogP contribution in [-0.4, -0.2) is 37.5 Å². The third-order valence-electron chi connectivity index (χ3n) is 6.25. The van der Waals surface area contributed by atoms with Crippen molar-refractivity contribution in [1.29, 1.82) is 0 Å². The second-order valence-corrected chi connectivity index (χ2v) is 8.59. The zero-order chi connectivity index (χ0) is 25.5. The molecule has 1 N–H and O–H groups in total. The van der Waals surface area contributed by atoms with Gasteiger partial charge < -0.3 is 19.2 Å². The molecule has 1 saturated carbocycles. The van der Waals surface area contributed by atoms with Crippen molar-refractivity contribution >= 4 is 23.5 Å². The number of carbonyl (C=O) groups excluding carboxylic acids is 3. The second-order valence-electron chi connectivity index (χ2n) is 8.59. The van der Waals surface area contributed by atoms with Crippen LogP contribution in [0.1, 0.15) is 65.1 Å². The first-order valence-corrected chi connectivity index (χ1v) is 12.1. The van der Waals surface area contributed by atoms with E-state index in [1.807, 2.05) is 0 Å². The van der Waals surface area contributed by atoms with Gasteiger partial charge in [-0.1, -0.05) is 25.0 Å². The molecule has 1 aliphatic rings. The van der Waals surface area contributed by atoms with E-state index in [1.54, 1.807) is 74.7 Å². The molecule has 2 aromatic carbocycles. The fourth-order valence-electron chi connectivity index (χ4n) is 4.43. The lowest BCUT2D eigenvalue weighted by atomic mass is 10.0. The number of carbonyl (C=O) groups is 3. The van der Waals surface area contributed by atoms with Crippen molar-refractivity contribution in [3.05, 3.63) is 83.8 Å². The number of hydrogen-bond acceptors (Lipinski definition) is 6. The molecule has 188 valence electrons. The van der Waals surface area contributed by atoms with Gasteiger partial charge in [-0.05, 0) is 73.9 Å². The summed E-state index contributed by atoms with van der Waals surface area (Å²) in [4.78, 5) is 41.1. The second kappa shape index (κ2) is 11.6. The fourth-order valence-corrected chi connectivity index (χ4v) is 4.43.